The number of aliphatic hydroxyl groups excluding tert-OH is 1. The topological polar surface area (TPSA) is 63.9 Å². The Labute approximate surface area is 41.5 Å². The van der Waals surface area contributed by atoms with Crippen LogP contribution in [0.3, 0.4) is 0 Å². The number of aliphatic hydroxyl groups is 1. The van der Waals surface area contributed by atoms with Gasteiger partial charge >= 0.3 is 0 Å². The second-order valence-electron chi connectivity index (χ2n) is 1.17. The molecule has 0 aromatic carbocycles. The Balaban J connectivity index is 2.68. The average molecular weight is 107 g/mol. The Morgan fingerprint density at radius 1 is 1.29 bits per heavy atom. The Bertz CT molecular complexity index is 39.2. The zero-order valence-electron chi connectivity index (χ0n) is 3.91. The van der Waals surface area contributed by atoms with Crippen molar-refractivity contribution >= 4 is 0 Å². The molecule has 0 aliphatic rings. The molecule has 0 spiro atoms. The minimum Gasteiger partial charge on any atom is -0.396 e. The summed E-state index contributed by atoms with van der Waals surface area (Å²) in [7, 11) is 0. The lowest BCUT2D eigenvalue weighted by atomic mass is 10.5. The van der Waals surface area contributed by atoms with E-state index in [4.69, 9.17) is 15.5 Å². The Kier molecular flexibility index (Phi) is 3.92. The summed E-state index contributed by atoms with van der Waals surface area (Å²) in [6.07, 6.45) is 0.382. The summed E-state index contributed by atoms with van der Waals surface area (Å²) in [6, 6.07) is 0. The number of nitrogens with zero attached hydrogens (tertiary/aromatic N) is 1. The fraction of sp³-hybridized carbons (Fsp3) is 1.00. The first-order chi connectivity index (χ1) is 3.27. The van der Waals surface area contributed by atoms with E-state index in [0.29, 0.717) is 6.42 Å². The third-order valence-corrected chi connectivity index (χ3v) is 0.516. The van der Waals surface area contributed by atoms with E-state index in [0.717, 1.165) is 0 Å². The van der Waals surface area contributed by atoms with Crippen molar-refractivity contribution in [3.8, 4) is 0 Å². The predicted octanol–water partition coefficient (Wildman–Crippen LogP) is -0.551. The zero-order valence-corrected chi connectivity index (χ0v) is 3.91. The van der Waals surface area contributed by atoms with E-state index in [1.165, 1.54) is 0 Å². The molecule has 0 aromatic heterocycles. The maximum atomic E-state index is 8.07. The SMILES string of the molecule is OCCCN(O)O. The van der Waals surface area contributed by atoms with Crippen LogP contribution in [0.25, 0.3) is 0 Å². The highest BCUT2D eigenvalue weighted by molar-refractivity contribution is 4.30. The zero-order chi connectivity index (χ0) is 5.70. The van der Waals surface area contributed by atoms with E-state index < -0.39 is 0 Å². The molecule has 4 nitrogen and oxygen atoms in total. The summed E-state index contributed by atoms with van der Waals surface area (Å²) in [4.78, 5) is 0. The monoisotopic (exact) mass is 107 g/mol. The molecule has 0 rings (SSSR count). The quantitative estimate of drug-likeness (QED) is 0.423. The molecular formula is C3H9NO3. The number of hydrogen-bond acceptors (Lipinski definition) is 4. The standard InChI is InChI=1S/C3H9NO3/c5-3-1-2-4(6)7/h5-7H,1-3H2. The van der Waals surface area contributed by atoms with Gasteiger partial charge in [-0.1, -0.05) is 5.23 Å². The van der Waals surface area contributed by atoms with Gasteiger partial charge < -0.3 is 5.11 Å². The second kappa shape index (κ2) is 4.01. The van der Waals surface area contributed by atoms with Gasteiger partial charge in [-0.25, -0.2) is 0 Å². The largest absolute Gasteiger partial charge is 0.396 e. The van der Waals surface area contributed by atoms with Crippen LogP contribution in [0.4, 0.5) is 0 Å². The van der Waals surface area contributed by atoms with Gasteiger partial charge in [-0.2, -0.15) is 0 Å². The molecule has 0 bridgehead atoms. The van der Waals surface area contributed by atoms with E-state index in [9.17, 15) is 0 Å². The van der Waals surface area contributed by atoms with E-state index in [2.05, 4.69) is 0 Å². The summed E-state index contributed by atoms with van der Waals surface area (Å²) < 4.78 is 0. The molecule has 3 N–H and O–H groups in total. The first-order valence-electron chi connectivity index (χ1n) is 2.03. The Morgan fingerprint density at radius 2 is 1.86 bits per heavy atom. The second-order valence-corrected chi connectivity index (χ2v) is 1.17. The third-order valence-electron chi connectivity index (χ3n) is 0.516. The maximum absolute atomic E-state index is 8.07. The van der Waals surface area contributed by atoms with Gasteiger partial charge in [-0.15, -0.1) is 0 Å². The van der Waals surface area contributed by atoms with Crippen molar-refractivity contribution in [3.63, 3.8) is 0 Å². The number of rotatable bonds is 3. The van der Waals surface area contributed by atoms with Crippen LogP contribution in [0.5, 0.6) is 0 Å². The predicted molar refractivity (Wildman–Crippen MR) is 22.0 cm³/mol. The van der Waals surface area contributed by atoms with Crippen LogP contribution in [-0.4, -0.2) is 33.9 Å². The summed E-state index contributed by atoms with van der Waals surface area (Å²) >= 11 is 0. The van der Waals surface area contributed by atoms with Crippen LogP contribution >= 0.6 is 0 Å². The first-order valence-corrected chi connectivity index (χ1v) is 2.03. The van der Waals surface area contributed by atoms with Crippen molar-refractivity contribution in [2.24, 2.45) is 0 Å². The van der Waals surface area contributed by atoms with E-state index in [1.54, 1.807) is 0 Å². The number of hydroxylamine groups is 2. The van der Waals surface area contributed by atoms with Crippen molar-refractivity contribution in [2.45, 2.75) is 6.42 Å². The molecule has 0 heterocycles. The number of hydrogen-bond donors (Lipinski definition) is 3. The molecule has 7 heavy (non-hydrogen) atoms. The van der Waals surface area contributed by atoms with Crippen LogP contribution in [0.1, 0.15) is 6.42 Å². The summed E-state index contributed by atoms with van der Waals surface area (Å²) in [5.41, 5.74) is 0. The molecule has 0 atom stereocenters. The molecule has 0 unspecified atom stereocenters. The molecule has 0 fully saturated rings. The van der Waals surface area contributed by atoms with Gasteiger partial charge in [0, 0.05) is 6.61 Å². The molecule has 0 saturated heterocycles. The van der Waals surface area contributed by atoms with E-state index in [1.807, 2.05) is 0 Å². The van der Waals surface area contributed by atoms with E-state index >= 15 is 0 Å². The minimum absolute atomic E-state index is 0.0162. The molecule has 0 aliphatic carbocycles. The first kappa shape index (κ1) is 6.84. The molecule has 0 radical (unpaired) electrons. The fourth-order valence-electron chi connectivity index (χ4n) is 0.212. The lowest BCUT2D eigenvalue weighted by Gasteiger charge is -2.01. The summed E-state index contributed by atoms with van der Waals surface area (Å²) in [5.74, 6) is 0. The van der Waals surface area contributed by atoms with Gasteiger partial charge in [-0.05, 0) is 6.42 Å². The Morgan fingerprint density at radius 3 is 2.00 bits per heavy atom. The van der Waals surface area contributed by atoms with Crippen LogP contribution in [-0.2, 0) is 0 Å². The third kappa shape index (κ3) is 5.84. The maximum Gasteiger partial charge on any atom is 0.0534 e. The highest BCUT2D eigenvalue weighted by atomic mass is 16.8. The lowest BCUT2D eigenvalue weighted by molar-refractivity contribution is -0.307. The van der Waals surface area contributed by atoms with Crippen molar-refractivity contribution in [1.82, 2.24) is 5.23 Å². The lowest BCUT2D eigenvalue weighted by Crippen LogP contribution is -2.15. The smallest absolute Gasteiger partial charge is 0.0534 e. The van der Waals surface area contributed by atoms with Crippen molar-refractivity contribution in [1.29, 1.82) is 0 Å². The van der Waals surface area contributed by atoms with Crippen LogP contribution in [0.2, 0.25) is 0 Å². The van der Waals surface area contributed by atoms with Gasteiger partial charge in [0.2, 0.25) is 0 Å². The van der Waals surface area contributed by atoms with Crippen LogP contribution < -0.4 is 0 Å². The van der Waals surface area contributed by atoms with Gasteiger partial charge in [-0.3, -0.25) is 10.4 Å². The molecule has 44 valence electrons. The molecule has 4 heteroatoms. The summed E-state index contributed by atoms with van der Waals surface area (Å²) in [5, 5.41) is 24.0. The van der Waals surface area contributed by atoms with Gasteiger partial charge in [0.05, 0.1) is 6.54 Å². The molecule has 0 aromatic rings. The van der Waals surface area contributed by atoms with Gasteiger partial charge in [0.1, 0.15) is 0 Å². The van der Waals surface area contributed by atoms with Crippen molar-refractivity contribution < 1.29 is 15.5 Å². The normalized spacial score (nSPS) is 10.3. The highest BCUT2D eigenvalue weighted by Gasteiger charge is 1.88. The van der Waals surface area contributed by atoms with E-state index in [-0.39, 0.29) is 18.4 Å². The molecule has 0 saturated carbocycles. The minimum atomic E-state index is -0.0162. The van der Waals surface area contributed by atoms with Crippen LogP contribution in [0.15, 0.2) is 0 Å². The highest BCUT2D eigenvalue weighted by Crippen LogP contribution is 1.77. The van der Waals surface area contributed by atoms with Gasteiger partial charge in [0.25, 0.3) is 0 Å². The van der Waals surface area contributed by atoms with Crippen LogP contribution in [0, 0.1) is 0 Å². The fourth-order valence-corrected chi connectivity index (χ4v) is 0.212. The summed E-state index contributed by atoms with van der Waals surface area (Å²) in [6.45, 7) is 0.0775. The molecule has 0 amide bonds. The average Bonchev–Trinajstić information content (AvgIpc) is 1.61. The molecule has 0 aliphatic heterocycles. The van der Waals surface area contributed by atoms with Gasteiger partial charge in [0.15, 0.2) is 0 Å². The Hall–Kier alpha value is -0.160. The van der Waals surface area contributed by atoms with Crippen molar-refractivity contribution in [3.05, 3.63) is 0 Å². The van der Waals surface area contributed by atoms with Crippen molar-refractivity contribution in [2.75, 3.05) is 13.2 Å². The molecular weight excluding hydrogens is 98.0 g/mol.